The van der Waals surface area contributed by atoms with Gasteiger partial charge in [-0.05, 0) is 19.1 Å². The lowest BCUT2D eigenvalue weighted by molar-refractivity contribution is -0.146. The van der Waals surface area contributed by atoms with E-state index in [2.05, 4.69) is 0 Å². The van der Waals surface area contributed by atoms with Crippen LogP contribution in [0.1, 0.15) is 6.92 Å². The molecule has 0 bridgehead atoms. The van der Waals surface area contributed by atoms with Gasteiger partial charge in [0, 0.05) is 13.1 Å². The zero-order valence-corrected chi connectivity index (χ0v) is 9.34. The number of rotatable bonds is 4. The monoisotopic (exact) mass is 250 g/mol. The van der Waals surface area contributed by atoms with E-state index in [1.165, 1.54) is 25.1 Å². The van der Waals surface area contributed by atoms with E-state index in [0.717, 1.165) is 11.0 Å². The molecule has 1 atom stereocenters. The Morgan fingerprint density at radius 1 is 1.29 bits per heavy atom. The average Bonchev–Trinajstić information content (AvgIpc) is 2.25. The van der Waals surface area contributed by atoms with Gasteiger partial charge < -0.3 is 10.6 Å². The number of likely N-dealkylation sites (N-methyl/N-ethyl adjacent to an activating group) is 1. The van der Waals surface area contributed by atoms with Crippen molar-refractivity contribution in [2.24, 2.45) is 5.73 Å². The second kappa shape index (κ2) is 5.35. The second-order valence-corrected chi connectivity index (χ2v) is 3.53. The Kier molecular flexibility index (Phi) is 4.34. The van der Waals surface area contributed by atoms with Crippen LogP contribution < -0.4 is 10.6 Å². The molecule has 1 unspecified atom stereocenters. The summed E-state index contributed by atoms with van der Waals surface area (Å²) in [6.45, 7) is 0.953. The van der Waals surface area contributed by atoms with E-state index in [-0.39, 0.29) is 12.2 Å². The predicted molar refractivity (Wildman–Crippen MR) is 58.3 cm³/mol. The molecule has 0 spiro atoms. The summed E-state index contributed by atoms with van der Waals surface area (Å²) in [5.74, 6) is -0.683. The molecule has 6 heteroatoms. The van der Waals surface area contributed by atoms with Crippen LogP contribution in [0.4, 0.5) is 23.2 Å². The summed E-state index contributed by atoms with van der Waals surface area (Å²) in [6.07, 6.45) is -4.48. The molecular weight excluding hydrogens is 236 g/mol. The zero-order valence-electron chi connectivity index (χ0n) is 9.34. The molecule has 0 amide bonds. The minimum atomic E-state index is -4.48. The molecule has 0 aliphatic carbocycles. The van der Waals surface area contributed by atoms with Crippen molar-refractivity contribution >= 4 is 5.69 Å². The lowest BCUT2D eigenvalue weighted by Gasteiger charge is -2.33. The van der Waals surface area contributed by atoms with Gasteiger partial charge in [-0.25, -0.2) is 4.39 Å². The van der Waals surface area contributed by atoms with Crippen molar-refractivity contribution in [3.63, 3.8) is 0 Å². The minimum Gasteiger partial charge on any atom is -0.357 e. The lowest BCUT2D eigenvalue weighted by atomic mass is 10.2. The smallest absolute Gasteiger partial charge is 0.357 e. The summed E-state index contributed by atoms with van der Waals surface area (Å²) < 4.78 is 51.7. The highest BCUT2D eigenvalue weighted by Crippen LogP contribution is 2.29. The van der Waals surface area contributed by atoms with E-state index in [1.54, 1.807) is 0 Å². The molecule has 0 fully saturated rings. The Labute approximate surface area is 97.0 Å². The molecule has 0 saturated heterocycles. The van der Waals surface area contributed by atoms with E-state index in [0.29, 0.717) is 0 Å². The van der Waals surface area contributed by atoms with Crippen molar-refractivity contribution in [2.75, 3.05) is 18.0 Å². The highest BCUT2D eigenvalue weighted by Gasteiger charge is 2.42. The quantitative estimate of drug-likeness (QED) is 0.832. The highest BCUT2D eigenvalue weighted by molar-refractivity contribution is 5.49. The molecule has 96 valence electrons. The van der Waals surface area contributed by atoms with Gasteiger partial charge in [-0.2, -0.15) is 13.2 Å². The molecular formula is C11H14F4N2. The van der Waals surface area contributed by atoms with Crippen molar-refractivity contribution in [2.45, 2.75) is 19.1 Å². The van der Waals surface area contributed by atoms with Crippen LogP contribution in [0.15, 0.2) is 24.3 Å². The van der Waals surface area contributed by atoms with E-state index in [4.69, 9.17) is 5.73 Å². The van der Waals surface area contributed by atoms with Crippen LogP contribution >= 0.6 is 0 Å². The van der Waals surface area contributed by atoms with Crippen LogP contribution in [0.3, 0.4) is 0 Å². The van der Waals surface area contributed by atoms with E-state index < -0.39 is 24.6 Å². The molecule has 0 aliphatic rings. The van der Waals surface area contributed by atoms with E-state index in [1.807, 2.05) is 0 Å². The topological polar surface area (TPSA) is 29.3 Å². The number of nitrogens with zero attached hydrogens (tertiary/aromatic N) is 1. The number of hydrogen-bond donors (Lipinski definition) is 1. The van der Waals surface area contributed by atoms with Gasteiger partial charge in [0.2, 0.25) is 0 Å². The standard InChI is InChI=1S/C11H14F4N2/c1-2-17(10(7-16)11(13,14)15)9-6-4-3-5-8(9)12/h3-6,10H,2,7,16H2,1H3. The first-order chi connectivity index (χ1) is 7.91. The summed E-state index contributed by atoms with van der Waals surface area (Å²) in [5.41, 5.74) is 5.06. The van der Waals surface area contributed by atoms with E-state index >= 15 is 0 Å². The van der Waals surface area contributed by atoms with Crippen molar-refractivity contribution in [3.05, 3.63) is 30.1 Å². The first kappa shape index (κ1) is 13.8. The van der Waals surface area contributed by atoms with Crippen molar-refractivity contribution in [3.8, 4) is 0 Å². The van der Waals surface area contributed by atoms with Crippen molar-refractivity contribution < 1.29 is 17.6 Å². The van der Waals surface area contributed by atoms with Crippen LogP contribution in [-0.2, 0) is 0 Å². The predicted octanol–water partition coefficient (Wildman–Crippen LogP) is 2.54. The molecule has 0 aliphatic heterocycles. The largest absolute Gasteiger partial charge is 0.409 e. The Balaban J connectivity index is 3.10. The molecule has 0 heterocycles. The molecule has 0 saturated carbocycles. The van der Waals surface area contributed by atoms with Crippen LogP contribution in [0, 0.1) is 5.82 Å². The summed E-state index contributed by atoms with van der Waals surface area (Å²) in [4.78, 5) is 0.926. The number of alkyl halides is 3. The lowest BCUT2D eigenvalue weighted by Crippen LogP contribution is -2.50. The van der Waals surface area contributed by atoms with Crippen LogP contribution in [0.2, 0.25) is 0 Å². The van der Waals surface area contributed by atoms with Crippen LogP contribution in [0.25, 0.3) is 0 Å². The Morgan fingerprint density at radius 3 is 2.29 bits per heavy atom. The Morgan fingerprint density at radius 2 is 1.88 bits per heavy atom. The SMILES string of the molecule is CCN(c1ccccc1F)C(CN)C(F)(F)F. The third kappa shape index (κ3) is 3.09. The number of para-hydroxylation sites is 1. The summed E-state index contributed by atoms with van der Waals surface area (Å²) in [5, 5.41) is 0. The fraction of sp³-hybridized carbons (Fsp3) is 0.455. The highest BCUT2D eigenvalue weighted by atomic mass is 19.4. The number of nitrogens with two attached hydrogens (primary N) is 1. The van der Waals surface area contributed by atoms with Gasteiger partial charge in [-0.15, -0.1) is 0 Å². The van der Waals surface area contributed by atoms with Gasteiger partial charge in [-0.1, -0.05) is 12.1 Å². The number of benzene rings is 1. The molecule has 0 radical (unpaired) electrons. The van der Waals surface area contributed by atoms with Crippen LogP contribution in [-0.4, -0.2) is 25.3 Å². The number of halogens is 4. The molecule has 1 rings (SSSR count). The Bertz CT molecular complexity index is 365. The molecule has 17 heavy (non-hydrogen) atoms. The third-order valence-electron chi connectivity index (χ3n) is 2.48. The molecule has 1 aromatic rings. The second-order valence-electron chi connectivity index (χ2n) is 3.53. The molecule has 1 aromatic carbocycles. The third-order valence-corrected chi connectivity index (χ3v) is 2.48. The van der Waals surface area contributed by atoms with Gasteiger partial charge in [0.25, 0.3) is 0 Å². The Hall–Kier alpha value is -1.30. The maximum absolute atomic E-state index is 13.5. The molecule has 0 aromatic heterocycles. The first-order valence-corrected chi connectivity index (χ1v) is 5.19. The van der Waals surface area contributed by atoms with Gasteiger partial charge in [-0.3, -0.25) is 0 Å². The summed E-state index contributed by atoms with van der Waals surface area (Å²) >= 11 is 0. The zero-order chi connectivity index (χ0) is 13.1. The van der Waals surface area contributed by atoms with Gasteiger partial charge in [0.1, 0.15) is 11.9 Å². The van der Waals surface area contributed by atoms with Gasteiger partial charge in [0.15, 0.2) is 0 Å². The normalized spacial score (nSPS) is 13.5. The number of anilines is 1. The average molecular weight is 250 g/mol. The number of hydrogen-bond acceptors (Lipinski definition) is 2. The maximum Gasteiger partial charge on any atom is 0.409 e. The fourth-order valence-electron chi connectivity index (χ4n) is 1.68. The first-order valence-electron chi connectivity index (χ1n) is 5.19. The van der Waals surface area contributed by atoms with Gasteiger partial charge in [0.05, 0.1) is 5.69 Å². The minimum absolute atomic E-state index is 0.0301. The summed E-state index contributed by atoms with van der Waals surface area (Å²) in [6, 6.07) is 3.49. The van der Waals surface area contributed by atoms with Gasteiger partial charge >= 0.3 is 6.18 Å². The molecule has 2 N–H and O–H groups in total. The maximum atomic E-state index is 13.5. The van der Waals surface area contributed by atoms with Crippen LogP contribution in [0.5, 0.6) is 0 Å². The van der Waals surface area contributed by atoms with E-state index in [9.17, 15) is 17.6 Å². The summed E-state index contributed by atoms with van der Waals surface area (Å²) in [7, 11) is 0. The fourth-order valence-corrected chi connectivity index (χ4v) is 1.68. The molecule has 2 nitrogen and oxygen atoms in total. The van der Waals surface area contributed by atoms with Crippen molar-refractivity contribution in [1.82, 2.24) is 0 Å². The van der Waals surface area contributed by atoms with Crippen molar-refractivity contribution in [1.29, 1.82) is 0 Å².